The molecular weight excluding hydrogens is 410 g/mol. The summed E-state index contributed by atoms with van der Waals surface area (Å²) in [4.78, 5) is 58.6. The Hall–Kier alpha value is -3.68. The van der Waals surface area contributed by atoms with E-state index in [4.69, 9.17) is 22.3 Å². The van der Waals surface area contributed by atoms with Gasteiger partial charge in [0, 0.05) is 24.9 Å². The monoisotopic (exact) mass is 439 g/mol. The summed E-state index contributed by atoms with van der Waals surface area (Å²) < 4.78 is 0. The predicted molar refractivity (Wildman–Crippen MR) is 110 cm³/mol. The van der Waals surface area contributed by atoms with Crippen LogP contribution in [-0.4, -0.2) is 75.9 Å². The number of H-pyrrole nitrogens is 1. The number of guanidine groups is 1. The van der Waals surface area contributed by atoms with E-state index in [0.717, 1.165) is 0 Å². The highest BCUT2D eigenvalue weighted by Crippen LogP contribution is 2.04. The van der Waals surface area contributed by atoms with Gasteiger partial charge in [-0.3, -0.25) is 24.2 Å². The van der Waals surface area contributed by atoms with Gasteiger partial charge in [0.15, 0.2) is 5.96 Å². The van der Waals surface area contributed by atoms with Crippen LogP contribution in [0.2, 0.25) is 0 Å². The van der Waals surface area contributed by atoms with Gasteiger partial charge in [0.05, 0.1) is 12.9 Å². The molecule has 3 amide bonds. The smallest absolute Gasteiger partial charge is 0.325 e. The lowest BCUT2D eigenvalue weighted by molar-refractivity contribution is -0.141. The standard InChI is InChI=1S/C17H29N9O5/c1-9(16(30)31)24-15(29)12(5-10-7-21-8-23-10)26-14(28)11(25-13(27)6-18)3-2-4-22-17(19)20/h7-9,11-12H,2-6,18H2,1H3,(H,21,23)(H,24,29)(H,25,27)(H,26,28)(H,30,31)(H4,19,20,22). The second kappa shape index (κ2) is 12.8. The lowest BCUT2D eigenvalue weighted by atomic mass is 10.1. The number of aromatic amines is 1. The summed E-state index contributed by atoms with van der Waals surface area (Å²) in [5.41, 5.74) is 16.4. The molecule has 0 bridgehead atoms. The highest BCUT2D eigenvalue weighted by Gasteiger charge is 2.28. The van der Waals surface area contributed by atoms with E-state index in [-0.39, 0.29) is 31.9 Å². The van der Waals surface area contributed by atoms with Crippen molar-refractivity contribution in [3.63, 3.8) is 0 Å². The van der Waals surface area contributed by atoms with Crippen LogP contribution in [0.5, 0.6) is 0 Å². The molecule has 0 radical (unpaired) electrons. The van der Waals surface area contributed by atoms with Crippen molar-refractivity contribution in [1.29, 1.82) is 0 Å². The number of carbonyl (C=O) groups excluding carboxylic acids is 3. The first-order valence-electron chi connectivity index (χ1n) is 9.49. The summed E-state index contributed by atoms with van der Waals surface area (Å²) in [5, 5.41) is 16.4. The molecule has 172 valence electrons. The number of carbonyl (C=O) groups is 4. The normalized spacial score (nSPS) is 13.4. The van der Waals surface area contributed by atoms with Gasteiger partial charge < -0.3 is 43.2 Å². The number of aromatic nitrogens is 2. The number of nitrogens with zero attached hydrogens (tertiary/aromatic N) is 2. The Morgan fingerprint density at radius 1 is 1.16 bits per heavy atom. The first-order valence-corrected chi connectivity index (χ1v) is 9.49. The first-order chi connectivity index (χ1) is 14.6. The molecule has 1 rings (SSSR count). The van der Waals surface area contributed by atoms with Crippen LogP contribution in [0, 0.1) is 0 Å². The Kier molecular flexibility index (Phi) is 10.5. The second-order valence-corrected chi connectivity index (χ2v) is 6.68. The molecule has 0 aliphatic carbocycles. The van der Waals surface area contributed by atoms with Crippen LogP contribution in [0.25, 0.3) is 0 Å². The average molecular weight is 439 g/mol. The SMILES string of the molecule is CC(NC(=O)C(Cc1cnc[nH]1)NC(=O)C(CCCN=C(N)N)NC(=O)CN)C(=O)O. The first kappa shape index (κ1) is 25.4. The zero-order valence-electron chi connectivity index (χ0n) is 17.1. The number of carboxylic acid groups (broad SMARTS) is 1. The Bertz CT molecular complexity index is 777. The number of imidazole rings is 1. The topological polar surface area (TPSA) is 244 Å². The average Bonchev–Trinajstić information content (AvgIpc) is 3.22. The van der Waals surface area contributed by atoms with Gasteiger partial charge in [0.1, 0.15) is 18.1 Å². The van der Waals surface area contributed by atoms with Crippen LogP contribution < -0.4 is 33.2 Å². The third-order valence-corrected chi connectivity index (χ3v) is 4.12. The number of amides is 3. The number of nitrogens with two attached hydrogens (primary N) is 3. The van der Waals surface area contributed by atoms with E-state index in [0.29, 0.717) is 12.1 Å². The number of carboxylic acids is 1. The van der Waals surface area contributed by atoms with E-state index in [2.05, 4.69) is 30.9 Å². The van der Waals surface area contributed by atoms with E-state index in [1.807, 2.05) is 0 Å². The van der Waals surface area contributed by atoms with Crippen molar-refractivity contribution in [2.24, 2.45) is 22.2 Å². The molecule has 0 aromatic carbocycles. The lowest BCUT2D eigenvalue weighted by Gasteiger charge is -2.23. The highest BCUT2D eigenvalue weighted by atomic mass is 16.4. The van der Waals surface area contributed by atoms with E-state index < -0.39 is 41.8 Å². The highest BCUT2D eigenvalue weighted by molar-refractivity contribution is 5.93. The molecule has 1 heterocycles. The van der Waals surface area contributed by atoms with Crippen molar-refractivity contribution in [2.45, 2.75) is 44.3 Å². The molecule has 3 unspecified atom stereocenters. The molecule has 1 aromatic rings. The van der Waals surface area contributed by atoms with Gasteiger partial charge in [-0.25, -0.2) is 4.98 Å². The molecule has 1 aromatic heterocycles. The van der Waals surface area contributed by atoms with Gasteiger partial charge in [0.2, 0.25) is 17.7 Å². The number of nitrogens with one attached hydrogen (secondary N) is 4. The van der Waals surface area contributed by atoms with Crippen molar-refractivity contribution < 1.29 is 24.3 Å². The summed E-state index contributed by atoms with van der Waals surface area (Å²) >= 11 is 0. The fraction of sp³-hybridized carbons (Fsp3) is 0.529. The van der Waals surface area contributed by atoms with Crippen molar-refractivity contribution >= 4 is 29.7 Å². The number of rotatable bonds is 13. The molecule has 31 heavy (non-hydrogen) atoms. The zero-order chi connectivity index (χ0) is 23.4. The van der Waals surface area contributed by atoms with Gasteiger partial charge >= 0.3 is 5.97 Å². The van der Waals surface area contributed by atoms with Crippen LogP contribution in [0.3, 0.4) is 0 Å². The van der Waals surface area contributed by atoms with Crippen molar-refractivity contribution in [3.8, 4) is 0 Å². The van der Waals surface area contributed by atoms with Gasteiger partial charge in [-0.2, -0.15) is 0 Å². The molecule has 0 aliphatic rings. The van der Waals surface area contributed by atoms with Gasteiger partial charge in [-0.1, -0.05) is 0 Å². The molecule has 0 saturated heterocycles. The van der Waals surface area contributed by atoms with Gasteiger partial charge in [-0.15, -0.1) is 0 Å². The largest absolute Gasteiger partial charge is 0.480 e. The van der Waals surface area contributed by atoms with Gasteiger partial charge in [0.25, 0.3) is 0 Å². The van der Waals surface area contributed by atoms with Crippen LogP contribution in [0.15, 0.2) is 17.5 Å². The Balaban J connectivity index is 2.92. The van der Waals surface area contributed by atoms with Crippen LogP contribution >= 0.6 is 0 Å². The van der Waals surface area contributed by atoms with Gasteiger partial charge in [-0.05, 0) is 19.8 Å². The molecule has 11 N–H and O–H groups in total. The fourth-order valence-corrected chi connectivity index (χ4v) is 2.50. The molecular formula is C17H29N9O5. The van der Waals surface area contributed by atoms with Crippen LogP contribution in [-0.2, 0) is 25.6 Å². The minimum Gasteiger partial charge on any atom is -0.480 e. The molecule has 14 heteroatoms. The number of hydrogen-bond acceptors (Lipinski definition) is 7. The number of aliphatic carboxylic acids is 1. The fourth-order valence-electron chi connectivity index (χ4n) is 2.50. The molecule has 0 aliphatic heterocycles. The van der Waals surface area contributed by atoms with E-state index in [1.165, 1.54) is 19.4 Å². The molecule has 3 atom stereocenters. The van der Waals surface area contributed by atoms with Crippen LogP contribution in [0.4, 0.5) is 0 Å². The Morgan fingerprint density at radius 3 is 2.39 bits per heavy atom. The summed E-state index contributed by atoms with van der Waals surface area (Å²) in [5.74, 6) is -3.24. The number of aliphatic imine (C=N–C) groups is 1. The Morgan fingerprint density at radius 2 is 1.84 bits per heavy atom. The third-order valence-electron chi connectivity index (χ3n) is 4.12. The van der Waals surface area contributed by atoms with E-state index in [9.17, 15) is 19.2 Å². The summed E-state index contributed by atoms with van der Waals surface area (Å²) in [7, 11) is 0. The minimum absolute atomic E-state index is 0.0233. The van der Waals surface area contributed by atoms with E-state index >= 15 is 0 Å². The predicted octanol–water partition coefficient (Wildman–Crippen LogP) is -3.48. The summed E-state index contributed by atoms with van der Waals surface area (Å²) in [6, 6.07) is -3.29. The third kappa shape index (κ3) is 9.58. The molecule has 14 nitrogen and oxygen atoms in total. The van der Waals surface area contributed by atoms with Crippen molar-refractivity contribution in [1.82, 2.24) is 25.9 Å². The summed E-state index contributed by atoms with van der Waals surface area (Å²) in [6.45, 7) is 1.20. The zero-order valence-corrected chi connectivity index (χ0v) is 17.1. The van der Waals surface area contributed by atoms with E-state index in [1.54, 1.807) is 0 Å². The summed E-state index contributed by atoms with van der Waals surface area (Å²) in [6.07, 6.45) is 3.44. The number of hydrogen-bond donors (Lipinski definition) is 8. The maximum absolute atomic E-state index is 12.8. The van der Waals surface area contributed by atoms with Crippen molar-refractivity contribution in [2.75, 3.05) is 13.1 Å². The maximum Gasteiger partial charge on any atom is 0.325 e. The Labute approximate surface area is 178 Å². The molecule has 0 fully saturated rings. The lowest BCUT2D eigenvalue weighted by Crippen LogP contribution is -2.56. The maximum atomic E-state index is 12.8. The van der Waals surface area contributed by atoms with Crippen molar-refractivity contribution in [3.05, 3.63) is 18.2 Å². The quantitative estimate of drug-likeness (QED) is 0.0862. The molecule has 0 spiro atoms. The van der Waals surface area contributed by atoms with Crippen LogP contribution in [0.1, 0.15) is 25.5 Å². The molecule has 0 saturated carbocycles. The minimum atomic E-state index is -1.23. The second-order valence-electron chi connectivity index (χ2n) is 6.68.